The van der Waals surface area contributed by atoms with E-state index in [0.29, 0.717) is 12.1 Å². The largest absolute Gasteiger partial charge is 0.487 e. The van der Waals surface area contributed by atoms with E-state index >= 15 is 0 Å². The highest BCUT2D eigenvalue weighted by Gasteiger charge is 2.13. The molecule has 0 unspecified atom stereocenters. The van der Waals surface area contributed by atoms with E-state index in [1.165, 1.54) is 30.3 Å². The smallest absolute Gasteiger partial charge is 0.335 e. The quantitative estimate of drug-likeness (QED) is 0.431. The number of carboxylic acids is 1. The van der Waals surface area contributed by atoms with Crippen molar-refractivity contribution in [2.75, 3.05) is 11.9 Å². The zero-order valence-electron chi connectivity index (χ0n) is 13.2. The van der Waals surface area contributed by atoms with E-state index < -0.39 is 10.9 Å². The van der Waals surface area contributed by atoms with Crippen molar-refractivity contribution in [2.45, 2.75) is 12.8 Å². The van der Waals surface area contributed by atoms with Crippen molar-refractivity contribution in [3.63, 3.8) is 0 Å². The second-order valence-electron chi connectivity index (χ2n) is 5.11. The second-order valence-corrected chi connectivity index (χ2v) is 5.11. The van der Waals surface area contributed by atoms with Gasteiger partial charge in [-0.1, -0.05) is 18.2 Å². The molecular formula is C17H16N2O6. The Morgan fingerprint density at radius 2 is 1.92 bits per heavy atom. The van der Waals surface area contributed by atoms with Gasteiger partial charge in [-0.3, -0.25) is 14.9 Å². The normalized spacial score (nSPS) is 10.1. The van der Waals surface area contributed by atoms with Crippen molar-refractivity contribution < 1.29 is 24.4 Å². The first-order valence-corrected chi connectivity index (χ1v) is 7.47. The molecule has 0 aliphatic rings. The molecule has 0 saturated heterocycles. The van der Waals surface area contributed by atoms with Crippen molar-refractivity contribution in [1.82, 2.24) is 0 Å². The maximum Gasteiger partial charge on any atom is 0.335 e. The zero-order valence-corrected chi connectivity index (χ0v) is 13.2. The summed E-state index contributed by atoms with van der Waals surface area (Å²) < 4.78 is 5.35. The lowest BCUT2D eigenvalue weighted by Crippen LogP contribution is -2.13. The van der Waals surface area contributed by atoms with Crippen LogP contribution in [0.25, 0.3) is 0 Å². The number of carboxylic acid groups (broad SMARTS) is 1. The van der Waals surface area contributed by atoms with Crippen LogP contribution in [0.5, 0.6) is 5.75 Å². The number of aromatic carboxylic acids is 1. The van der Waals surface area contributed by atoms with Gasteiger partial charge in [0.2, 0.25) is 5.91 Å². The summed E-state index contributed by atoms with van der Waals surface area (Å²) in [6, 6.07) is 11.9. The van der Waals surface area contributed by atoms with Gasteiger partial charge in [0.1, 0.15) is 0 Å². The van der Waals surface area contributed by atoms with E-state index in [9.17, 15) is 19.7 Å². The number of nitro groups is 1. The molecule has 0 atom stereocenters. The maximum absolute atomic E-state index is 11.9. The Hall–Kier alpha value is -3.42. The van der Waals surface area contributed by atoms with Gasteiger partial charge in [0, 0.05) is 18.2 Å². The number of para-hydroxylation sites is 2. The van der Waals surface area contributed by atoms with Crippen LogP contribution >= 0.6 is 0 Å². The standard InChI is InChI=1S/C17H16N2O6/c20-16(18-13-6-3-5-12(11-13)17(21)22)9-4-10-25-15-8-2-1-7-14(15)19(23)24/h1-3,5-8,11H,4,9-10H2,(H,18,20)(H,21,22). The van der Waals surface area contributed by atoms with E-state index in [4.69, 9.17) is 9.84 Å². The highest BCUT2D eigenvalue weighted by molar-refractivity contribution is 5.93. The van der Waals surface area contributed by atoms with E-state index in [1.807, 2.05) is 0 Å². The molecule has 2 rings (SSSR count). The van der Waals surface area contributed by atoms with Crippen LogP contribution in [0.15, 0.2) is 48.5 Å². The van der Waals surface area contributed by atoms with E-state index in [1.54, 1.807) is 18.2 Å². The Bertz CT molecular complexity index is 790. The van der Waals surface area contributed by atoms with Crippen molar-refractivity contribution in [1.29, 1.82) is 0 Å². The Morgan fingerprint density at radius 1 is 1.16 bits per heavy atom. The Morgan fingerprint density at radius 3 is 2.64 bits per heavy atom. The summed E-state index contributed by atoms with van der Waals surface area (Å²) in [6.45, 7) is 0.146. The molecule has 0 aliphatic carbocycles. The fraction of sp³-hybridized carbons (Fsp3) is 0.176. The van der Waals surface area contributed by atoms with Gasteiger partial charge in [-0.05, 0) is 30.7 Å². The van der Waals surface area contributed by atoms with Gasteiger partial charge in [-0.2, -0.15) is 0 Å². The van der Waals surface area contributed by atoms with E-state index in [-0.39, 0.29) is 35.9 Å². The molecular weight excluding hydrogens is 328 g/mol. The van der Waals surface area contributed by atoms with E-state index in [0.717, 1.165) is 0 Å². The minimum atomic E-state index is -1.08. The predicted octanol–water partition coefficient (Wildman–Crippen LogP) is 3.09. The topological polar surface area (TPSA) is 119 Å². The van der Waals surface area contributed by atoms with Gasteiger partial charge >= 0.3 is 11.7 Å². The van der Waals surface area contributed by atoms with Gasteiger partial charge in [-0.15, -0.1) is 0 Å². The van der Waals surface area contributed by atoms with Gasteiger partial charge in [-0.25, -0.2) is 4.79 Å². The van der Waals surface area contributed by atoms with Gasteiger partial charge < -0.3 is 15.2 Å². The molecule has 0 radical (unpaired) electrons. The summed E-state index contributed by atoms with van der Waals surface area (Å²) in [4.78, 5) is 33.1. The molecule has 0 aromatic heterocycles. The maximum atomic E-state index is 11.9. The number of carbonyl (C=O) groups excluding carboxylic acids is 1. The van der Waals surface area contributed by atoms with Crippen LogP contribution < -0.4 is 10.1 Å². The number of hydrogen-bond donors (Lipinski definition) is 2. The SMILES string of the molecule is O=C(CCCOc1ccccc1[N+](=O)[O-])Nc1cccc(C(=O)O)c1. The summed E-state index contributed by atoms with van der Waals surface area (Å²) in [5.41, 5.74) is 0.347. The van der Waals surface area contributed by atoms with Gasteiger partial charge in [0.25, 0.3) is 0 Å². The van der Waals surface area contributed by atoms with Crippen LogP contribution in [0.2, 0.25) is 0 Å². The number of rotatable bonds is 8. The molecule has 0 bridgehead atoms. The third-order valence-electron chi connectivity index (χ3n) is 3.26. The Labute approximate surface area is 143 Å². The Kier molecular flexibility index (Phi) is 6.05. The average Bonchev–Trinajstić information content (AvgIpc) is 2.59. The molecule has 130 valence electrons. The summed E-state index contributed by atoms with van der Waals surface area (Å²) in [5.74, 6) is -1.22. The fourth-order valence-corrected chi connectivity index (χ4v) is 2.10. The molecule has 1 amide bonds. The van der Waals surface area contributed by atoms with E-state index in [2.05, 4.69) is 5.32 Å². The van der Waals surface area contributed by atoms with Crippen LogP contribution in [-0.4, -0.2) is 28.5 Å². The second kappa shape index (κ2) is 8.44. The van der Waals surface area contributed by atoms with Crippen LogP contribution in [0.4, 0.5) is 11.4 Å². The summed E-state index contributed by atoms with van der Waals surface area (Å²) >= 11 is 0. The molecule has 0 saturated carbocycles. The van der Waals surface area contributed by atoms with Gasteiger partial charge in [0.15, 0.2) is 5.75 Å². The first kappa shape index (κ1) is 17.9. The predicted molar refractivity (Wildman–Crippen MR) is 89.9 cm³/mol. The number of nitrogens with zero attached hydrogens (tertiary/aromatic N) is 1. The van der Waals surface area contributed by atoms with Crippen molar-refractivity contribution in [3.05, 3.63) is 64.2 Å². The number of hydrogen-bond acceptors (Lipinski definition) is 5. The molecule has 2 N–H and O–H groups in total. The molecule has 8 nitrogen and oxygen atoms in total. The van der Waals surface area contributed by atoms with Crippen molar-refractivity contribution in [2.24, 2.45) is 0 Å². The number of benzene rings is 2. The van der Waals surface area contributed by atoms with Crippen LogP contribution in [0.1, 0.15) is 23.2 Å². The minimum Gasteiger partial charge on any atom is -0.487 e. The van der Waals surface area contributed by atoms with Crippen molar-refractivity contribution in [3.8, 4) is 5.75 Å². The van der Waals surface area contributed by atoms with Crippen LogP contribution in [-0.2, 0) is 4.79 Å². The number of carbonyl (C=O) groups is 2. The molecule has 2 aromatic rings. The molecule has 8 heteroatoms. The zero-order chi connectivity index (χ0) is 18.2. The average molecular weight is 344 g/mol. The molecule has 0 fully saturated rings. The lowest BCUT2D eigenvalue weighted by Gasteiger charge is -2.08. The molecule has 25 heavy (non-hydrogen) atoms. The third kappa shape index (κ3) is 5.31. The van der Waals surface area contributed by atoms with Crippen molar-refractivity contribution >= 4 is 23.3 Å². The number of nitrogens with one attached hydrogen (secondary N) is 1. The third-order valence-corrected chi connectivity index (χ3v) is 3.26. The highest BCUT2D eigenvalue weighted by atomic mass is 16.6. The lowest BCUT2D eigenvalue weighted by atomic mass is 10.2. The fourth-order valence-electron chi connectivity index (χ4n) is 2.10. The lowest BCUT2D eigenvalue weighted by molar-refractivity contribution is -0.385. The number of ether oxygens (including phenoxy) is 1. The minimum absolute atomic E-state index is 0.0810. The number of amides is 1. The highest BCUT2D eigenvalue weighted by Crippen LogP contribution is 2.25. The molecule has 2 aromatic carbocycles. The molecule has 0 spiro atoms. The summed E-state index contributed by atoms with van der Waals surface area (Å²) in [5, 5.41) is 22.4. The first-order chi connectivity index (χ1) is 12.0. The van der Waals surface area contributed by atoms with Crippen LogP contribution in [0, 0.1) is 10.1 Å². The molecule has 0 aliphatic heterocycles. The molecule has 0 heterocycles. The summed E-state index contributed by atoms with van der Waals surface area (Å²) in [7, 11) is 0. The first-order valence-electron chi connectivity index (χ1n) is 7.47. The number of nitro benzene ring substituents is 1. The van der Waals surface area contributed by atoms with Crippen LogP contribution in [0.3, 0.4) is 0 Å². The Balaban J connectivity index is 1.80. The van der Waals surface area contributed by atoms with Gasteiger partial charge in [0.05, 0.1) is 17.1 Å². The monoisotopic (exact) mass is 344 g/mol. The number of anilines is 1. The summed E-state index contributed by atoms with van der Waals surface area (Å²) in [6.07, 6.45) is 0.494.